The molecular weight excluding hydrogens is 354 g/mol. The molecule has 4 rings (SSSR count). The van der Waals surface area contributed by atoms with Crippen molar-refractivity contribution < 1.29 is 4.79 Å². The number of hydrogen-bond donors (Lipinski definition) is 0. The molecule has 1 unspecified atom stereocenters. The lowest BCUT2D eigenvalue weighted by molar-refractivity contribution is 0.0585. The van der Waals surface area contributed by atoms with Crippen molar-refractivity contribution in [2.24, 2.45) is 5.92 Å². The van der Waals surface area contributed by atoms with Crippen molar-refractivity contribution in [3.8, 4) is 0 Å². The lowest BCUT2D eigenvalue weighted by Crippen LogP contribution is -2.49. The van der Waals surface area contributed by atoms with Gasteiger partial charge in [-0.25, -0.2) is 0 Å². The second-order valence-electron chi connectivity index (χ2n) is 7.96. The van der Waals surface area contributed by atoms with Gasteiger partial charge in [0.2, 0.25) is 0 Å². The largest absolute Gasteiger partial charge is 0.300 e. The number of Topliss-reactive ketones (excluding diaryl/α,β-unsaturated/α-hetero) is 1. The van der Waals surface area contributed by atoms with Gasteiger partial charge in [-0.15, -0.1) is 11.3 Å². The number of hydrogen-bond acceptors (Lipinski definition) is 5. The Morgan fingerprint density at radius 2 is 2.04 bits per heavy atom. The molecule has 2 aromatic rings. The van der Waals surface area contributed by atoms with Crippen LogP contribution >= 0.6 is 11.3 Å². The van der Waals surface area contributed by atoms with Crippen LogP contribution < -0.4 is 0 Å². The van der Waals surface area contributed by atoms with Crippen LogP contribution in [0.1, 0.15) is 46.6 Å². The molecule has 4 heterocycles. The van der Waals surface area contributed by atoms with Gasteiger partial charge in [-0.3, -0.25) is 19.6 Å². The Bertz CT molecular complexity index is 752. The van der Waals surface area contributed by atoms with E-state index < -0.39 is 0 Å². The van der Waals surface area contributed by atoms with Gasteiger partial charge in [-0.05, 0) is 68.3 Å². The number of likely N-dealkylation sites (tertiary alicyclic amines) is 2. The van der Waals surface area contributed by atoms with Crippen LogP contribution in [0.2, 0.25) is 0 Å². The minimum atomic E-state index is 0.183. The van der Waals surface area contributed by atoms with Gasteiger partial charge < -0.3 is 0 Å². The molecule has 2 aliphatic heterocycles. The van der Waals surface area contributed by atoms with E-state index in [-0.39, 0.29) is 5.92 Å². The van der Waals surface area contributed by atoms with E-state index in [4.69, 9.17) is 0 Å². The second kappa shape index (κ2) is 8.63. The second-order valence-corrected chi connectivity index (χ2v) is 8.88. The van der Waals surface area contributed by atoms with Crippen LogP contribution in [-0.2, 0) is 6.54 Å². The third-order valence-electron chi connectivity index (χ3n) is 6.09. The fraction of sp³-hybridized carbons (Fsp3) is 0.545. The lowest BCUT2D eigenvalue weighted by atomic mass is 9.90. The average Bonchev–Trinajstić information content (AvgIpc) is 3.15. The summed E-state index contributed by atoms with van der Waals surface area (Å²) in [5.41, 5.74) is 2.30. The van der Waals surface area contributed by atoms with Crippen LogP contribution in [-0.4, -0.2) is 52.8 Å². The summed E-state index contributed by atoms with van der Waals surface area (Å²) in [5.74, 6) is 0.558. The molecule has 0 aliphatic carbocycles. The van der Waals surface area contributed by atoms with Crippen molar-refractivity contribution in [3.05, 3.63) is 52.0 Å². The maximum atomic E-state index is 12.9. The third kappa shape index (κ3) is 4.48. The zero-order valence-corrected chi connectivity index (χ0v) is 17.0. The summed E-state index contributed by atoms with van der Waals surface area (Å²) in [6, 6.07) is 8.84. The number of carbonyl (C=O) groups is 1. The SMILES string of the molecule is Cc1ccsc1C(=O)C1CCCN(C2CCN(Cc3ccccn3)CC2)C1. The highest BCUT2D eigenvalue weighted by Crippen LogP contribution is 2.28. The molecule has 0 saturated carbocycles. The van der Waals surface area contributed by atoms with Crippen LogP contribution in [0.15, 0.2) is 35.8 Å². The van der Waals surface area contributed by atoms with Crippen molar-refractivity contribution in [3.63, 3.8) is 0 Å². The Morgan fingerprint density at radius 1 is 1.19 bits per heavy atom. The van der Waals surface area contributed by atoms with E-state index in [1.807, 2.05) is 17.6 Å². The number of thiophene rings is 1. The van der Waals surface area contributed by atoms with E-state index in [9.17, 15) is 4.79 Å². The predicted molar refractivity (Wildman–Crippen MR) is 110 cm³/mol. The van der Waals surface area contributed by atoms with Crippen LogP contribution in [0, 0.1) is 12.8 Å². The first-order valence-electron chi connectivity index (χ1n) is 10.2. The van der Waals surface area contributed by atoms with Gasteiger partial charge >= 0.3 is 0 Å². The molecule has 144 valence electrons. The summed E-state index contributed by atoms with van der Waals surface area (Å²) in [4.78, 5) is 23.5. The van der Waals surface area contributed by atoms with Crippen molar-refractivity contribution in [1.82, 2.24) is 14.8 Å². The molecule has 0 radical (unpaired) electrons. The minimum absolute atomic E-state index is 0.183. The number of nitrogens with zero attached hydrogens (tertiary/aromatic N) is 3. The molecule has 0 amide bonds. The molecule has 0 spiro atoms. The van der Waals surface area contributed by atoms with E-state index >= 15 is 0 Å². The molecule has 2 aliphatic rings. The Labute approximate surface area is 166 Å². The van der Waals surface area contributed by atoms with E-state index in [0.717, 1.165) is 61.7 Å². The number of rotatable bonds is 5. The molecule has 4 nitrogen and oxygen atoms in total. The minimum Gasteiger partial charge on any atom is -0.300 e. The van der Waals surface area contributed by atoms with E-state index in [2.05, 4.69) is 39.9 Å². The normalized spacial score (nSPS) is 22.8. The predicted octanol–water partition coefficient (Wildman–Crippen LogP) is 4.01. The van der Waals surface area contributed by atoms with Crippen LogP contribution in [0.3, 0.4) is 0 Å². The standard InChI is InChI=1S/C22H29N3OS/c1-17-9-14-27-22(17)21(26)18-5-4-11-25(15-18)20-7-12-24(13-8-20)16-19-6-2-3-10-23-19/h2-3,6,9-10,14,18,20H,4-5,7-8,11-13,15-16H2,1H3. The Kier molecular flexibility index (Phi) is 6.01. The van der Waals surface area contributed by atoms with Gasteiger partial charge in [-0.1, -0.05) is 6.07 Å². The summed E-state index contributed by atoms with van der Waals surface area (Å²) in [7, 11) is 0. The highest BCUT2D eigenvalue weighted by molar-refractivity contribution is 7.12. The third-order valence-corrected chi connectivity index (χ3v) is 7.13. The van der Waals surface area contributed by atoms with E-state index in [1.165, 1.54) is 12.8 Å². The van der Waals surface area contributed by atoms with Crippen molar-refractivity contribution in [1.29, 1.82) is 0 Å². The smallest absolute Gasteiger partial charge is 0.177 e. The van der Waals surface area contributed by atoms with E-state index in [0.29, 0.717) is 11.8 Å². The van der Waals surface area contributed by atoms with Crippen molar-refractivity contribution in [2.75, 3.05) is 26.2 Å². The Morgan fingerprint density at radius 3 is 2.74 bits per heavy atom. The molecular formula is C22H29N3OS. The summed E-state index contributed by atoms with van der Waals surface area (Å²) in [6.45, 7) is 7.36. The maximum Gasteiger partial charge on any atom is 0.177 e. The van der Waals surface area contributed by atoms with Gasteiger partial charge in [0.1, 0.15) is 0 Å². The fourth-order valence-electron chi connectivity index (χ4n) is 4.53. The first kappa shape index (κ1) is 18.8. The van der Waals surface area contributed by atoms with Gasteiger partial charge in [-0.2, -0.15) is 0 Å². The molecule has 0 aromatic carbocycles. The molecule has 0 bridgehead atoms. The highest BCUT2D eigenvalue weighted by Gasteiger charge is 2.32. The Balaban J connectivity index is 1.30. The van der Waals surface area contributed by atoms with Crippen molar-refractivity contribution in [2.45, 2.75) is 45.2 Å². The molecule has 2 aromatic heterocycles. The zero-order valence-electron chi connectivity index (χ0n) is 16.1. The summed E-state index contributed by atoms with van der Waals surface area (Å²) < 4.78 is 0. The number of carbonyl (C=O) groups excluding carboxylic acids is 1. The molecule has 5 heteroatoms. The fourth-order valence-corrected chi connectivity index (χ4v) is 5.47. The topological polar surface area (TPSA) is 36.4 Å². The van der Waals surface area contributed by atoms with Crippen LogP contribution in [0.5, 0.6) is 0 Å². The number of aryl methyl sites for hydroxylation is 1. The monoisotopic (exact) mass is 383 g/mol. The summed E-state index contributed by atoms with van der Waals surface area (Å²) in [6.07, 6.45) is 6.47. The molecule has 1 atom stereocenters. The maximum absolute atomic E-state index is 12.9. The molecule has 0 N–H and O–H groups in total. The zero-order chi connectivity index (χ0) is 18.6. The van der Waals surface area contributed by atoms with Gasteiger partial charge in [0.25, 0.3) is 0 Å². The first-order valence-corrected chi connectivity index (χ1v) is 11.0. The van der Waals surface area contributed by atoms with Gasteiger partial charge in [0.15, 0.2) is 5.78 Å². The Hall–Kier alpha value is -1.56. The van der Waals surface area contributed by atoms with Crippen LogP contribution in [0.4, 0.5) is 0 Å². The average molecular weight is 384 g/mol. The van der Waals surface area contributed by atoms with Gasteiger partial charge in [0.05, 0.1) is 10.6 Å². The lowest BCUT2D eigenvalue weighted by Gasteiger charge is -2.42. The molecule has 27 heavy (non-hydrogen) atoms. The highest BCUT2D eigenvalue weighted by atomic mass is 32.1. The molecule has 2 saturated heterocycles. The quantitative estimate of drug-likeness (QED) is 0.731. The first-order chi connectivity index (χ1) is 13.2. The molecule has 2 fully saturated rings. The number of pyridine rings is 1. The number of ketones is 1. The van der Waals surface area contributed by atoms with Gasteiger partial charge in [0, 0.05) is 44.3 Å². The number of aromatic nitrogens is 1. The number of piperidine rings is 2. The van der Waals surface area contributed by atoms with Crippen molar-refractivity contribution >= 4 is 17.1 Å². The van der Waals surface area contributed by atoms with Crippen LogP contribution in [0.25, 0.3) is 0 Å². The van der Waals surface area contributed by atoms with E-state index in [1.54, 1.807) is 11.3 Å². The summed E-state index contributed by atoms with van der Waals surface area (Å²) >= 11 is 1.61. The summed E-state index contributed by atoms with van der Waals surface area (Å²) in [5, 5.41) is 2.04.